The standard InChI is InChI=1S/C31H32N2O9S3/c1-22-4-10-26(11-5-22)43(34,35)32-29-19-31-30(40-21-41-31)18-25(29)20-33(44(36,37)27-12-6-23(2)7-13-27)16-17-42-45(38,39)28-14-8-24(3)9-15-28/h4-15,18-19,32H,16-17,20-21H2,1-3H3. The highest BCUT2D eigenvalue weighted by atomic mass is 32.2. The molecule has 1 aliphatic rings. The molecule has 0 atom stereocenters. The van der Waals surface area contributed by atoms with Gasteiger partial charge in [0.25, 0.3) is 20.1 Å². The van der Waals surface area contributed by atoms with Gasteiger partial charge in [-0.15, -0.1) is 0 Å². The predicted octanol–water partition coefficient (Wildman–Crippen LogP) is 4.74. The second kappa shape index (κ2) is 12.8. The quantitative estimate of drug-likeness (QED) is 0.211. The lowest BCUT2D eigenvalue weighted by Gasteiger charge is -2.24. The summed E-state index contributed by atoms with van der Waals surface area (Å²) in [5.41, 5.74) is 2.89. The summed E-state index contributed by atoms with van der Waals surface area (Å²) in [6.07, 6.45) is 0. The van der Waals surface area contributed by atoms with E-state index in [2.05, 4.69) is 4.72 Å². The van der Waals surface area contributed by atoms with E-state index >= 15 is 0 Å². The monoisotopic (exact) mass is 672 g/mol. The molecule has 11 nitrogen and oxygen atoms in total. The zero-order valence-electron chi connectivity index (χ0n) is 24.8. The Morgan fingerprint density at radius 2 is 1.18 bits per heavy atom. The van der Waals surface area contributed by atoms with E-state index in [1.54, 1.807) is 36.4 Å². The molecule has 0 amide bonds. The van der Waals surface area contributed by atoms with Crippen molar-refractivity contribution in [1.82, 2.24) is 4.31 Å². The molecule has 1 aliphatic heterocycles. The van der Waals surface area contributed by atoms with Crippen LogP contribution in [0.3, 0.4) is 0 Å². The Morgan fingerprint density at radius 1 is 0.689 bits per heavy atom. The van der Waals surface area contributed by atoms with Gasteiger partial charge in [0, 0.05) is 19.2 Å². The van der Waals surface area contributed by atoms with Crippen molar-refractivity contribution >= 4 is 35.9 Å². The van der Waals surface area contributed by atoms with E-state index in [4.69, 9.17) is 13.7 Å². The number of hydrogen-bond acceptors (Lipinski definition) is 9. The van der Waals surface area contributed by atoms with Crippen molar-refractivity contribution < 1.29 is 38.9 Å². The molecular formula is C31H32N2O9S3. The van der Waals surface area contributed by atoms with E-state index < -0.39 is 36.8 Å². The second-order valence-corrected chi connectivity index (χ2v) is 15.8. The highest BCUT2D eigenvalue weighted by Gasteiger charge is 2.29. The maximum absolute atomic E-state index is 13.9. The highest BCUT2D eigenvalue weighted by Crippen LogP contribution is 2.39. The van der Waals surface area contributed by atoms with Gasteiger partial charge in [0.15, 0.2) is 11.5 Å². The summed E-state index contributed by atoms with van der Waals surface area (Å²) in [4.78, 5) is -0.0859. The Bertz CT molecular complexity index is 2010. The largest absolute Gasteiger partial charge is 0.454 e. The summed E-state index contributed by atoms with van der Waals surface area (Å²) in [5, 5.41) is 0. The SMILES string of the molecule is Cc1ccc(S(=O)(=O)Nc2cc3c(cc2CN(CCOS(=O)(=O)c2ccc(C)cc2)S(=O)(=O)c2ccc(C)cc2)OCO3)cc1. The minimum atomic E-state index is -4.23. The first-order valence-corrected chi connectivity index (χ1v) is 18.1. The minimum absolute atomic E-state index is 0.00978. The molecule has 0 saturated carbocycles. The van der Waals surface area contributed by atoms with Gasteiger partial charge in [0.2, 0.25) is 16.8 Å². The molecule has 4 aromatic rings. The normalized spacial score (nSPS) is 13.2. The molecule has 0 aromatic heterocycles. The summed E-state index contributed by atoms with van der Waals surface area (Å²) in [6, 6.07) is 21.4. The van der Waals surface area contributed by atoms with Gasteiger partial charge in [-0.3, -0.25) is 8.91 Å². The van der Waals surface area contributed by atoms with Crippen molar-refractivity contribution in [3.8, 4) is 11.5 Å². The second-order valence-electron chi connectivity index (χ2n) is 10.5. The zero-order chi connectivity index (χ0) is 32.4. The lowest BCUT2D eigenvalue weighted by molar-refractivity contribution is 0.174. The van der Waals surface area contributed by atoms with Crippen LogP contribution in [0.5, 0.6) is 11.5 Å². The number of ether oxygens (including phenoxy) is 2. The lowest BCUT2D eigenvalue weighted by atomic mass is 10.1. The summed E-state index contributed by atoms with van der Waals surface area (Å²) < 4.78 is 100.0. The van der Waals surface area contributed by atoms with Crippen molar-refractivity contribution in [2.75, 3.05) is 24.7 Å². The summed E-state index contributed by atoms with van der Waals surface area (Å²) in [6.45, 7) is 4.13. The Hall–Kier alpha value is -3.95. The summed E-state index contributed by atoms with van der Waals surface area (Å²) in [5.74, 6) is 0.579. The number of nitrogens with zero attached hydrogens (tertiary/aromatic N) is 1. The van der Waals surface area contributed by atoms with Crippen LogP contribution in [0.15, 0.2) is 99.6 Å². The van der Waals surface area contributed by atoms with Crippen LogP contribution in [-0.2, 0) is 40.9 Å². The lowest BCUT2D eigenvalue weighted by Crippen LogP contribution is -2.34. The fourth-order valence-corrected chi connectivity index (χ4v) is 7.88. The molecule has 45 heavy (non-hydrogen) atoms. The number of aryl methyl sites for hydroxylation is 3. The molecule has 5 rings (SSSR count). The van der Waals surface area contributed by atoms with E-state index in [0.29, 0.717) is 5.75 Å². The number of rotatable bonds is 12. The van der Waals surface area contributed by atoms with E-state index in [-0.39, 0.29) is 51.6 Å². The number of benzene rings is 4. The molecule has 0 bridgehead atoms. The third kappa shape index (κ3) is 7.48. The zero-order valence-corrected chi connectivity index (χ0v) is 27.2. The first kappa shape index (κ1) is 32.4. The van der Waals surface area contributed by atoms with Gasteiger partial charge in [-0.2, -0.15) is 12.7 Å². The Balaban J connectivity index is 1.49. The fourth-order valence-electron chi connectivity index (χ4n) is 4.49. The van der Waals surface area contributed by atoms with E-state index in [9.17, 15) is 25.3 Å². The molecule has 238 valence electrons. The van der Waals surface area contributed by atoms with Crippen LogP contribution in [0, 0.1) is 20.8 Å². The molecule has 1 heterocycles. The van der Waals surface area contributed by atoms with Gasteiger partial charge < -0.3 is 9.47 Å². The van der Waals surface area contributed by atoms with Gasteiger partial charge in [-0.25, -0.2) is 16.8 Å². The molecule has 0 unspecified atom stereocenters. The van der Waals surface area contributed by atoms with Crippen LogP contribution in [0.25, 0.3) is 0 Å². The van der Waals surface area contributed by atoms with Crippen LogP contribution >= 0.6 is 0 Å². The molecule has 0 spiro atoms. The van der Waals surface area contributed by atoms with Crippen molar-refractivity contribution in [1.29, 1.82) is 0 Å². The average molecular weight is 673 g/mol. The molecule has 0 saturated heterocycles. The summed E-state index contributed by atoms with van der Waals surface area (Å²) >= 11 is 0. The van der Waals surface area contributed by atoms with Crippen LogP contribution in [-0.4, -0.2) is 49.5 Å². The molecule has 0 aliphatic carbocycles. The topological polar surface area (TPSA) is 145 Å². The first-order chi connectivity index (χ1) is 21.2. The molecular weight excluding hydrogens is 641 g/mol. The number of fused-ring (bicyclic) bond motifs is 1. The smallest absolute Gasteiger partial charge is 0.297 e. The summed E-state index contributed by atoms with van der Waals surface area (Å²) in [7, 11) is -12.5. The number of hydrogen-bond donors (Lipinski definition) is 1. The van der Waals surface area contributed by atoms with Crippen molar-refractivity contribution in [2.45, 2.75) is 42.0 Å². The number of nitrogens with one attached hydrogen (secondary N) is 1. The van der Waals surface area contributed by atoms with Gasteiger partial charge in [-0.05, 0) is 68.8 Å². The Kier molecular flexibility index (Phi) is 9.23. The Morgan fingerprint density at radius 3 is 1.73 bits per heavy atom. The van der Waals surface area contributed by atoms with E-state index in [1.807, 2.05) is 20.8 Å². The molecule has 4 aromatic carbocycles. The van der Waals surface area contributed by atoms with Crippen molar-refractivity contribution in [2.24, 2.45) is 0 Å². The van der Waals surface area contributed by atoms with Crippen molar-refractivity contribution in [3.05, 3.63) is 107 Å². The molecule has 0 fully saturated rings. The van der Waals surface area contributed by atoms with Crippen LogP contribution in [0.4, 0.5) is 5.69 Å². The molecule has 0 radical (unpaired) electrons. The van der Waals surface area contributed by atoms with E-state index in [1.165, 1.54) is 48.5 Å². The maximum atomic E-state index is 13.9. The van der Waals surface area contributed by atoms with Gasteiger partial charge in [0.1, 0.15) is 0 Å². The Labute approximate surface area is 263 Å². The van der Waals surface area contributed by atoms with E-state index in [0.717, 1.165) is 21.0 Å². The highest BCUT2D eigenvalue weighted by molar-refractivity contribution is 7.92. The average Bonchev–Trinajstić information content (AvgIpc) is 3.44. The fraction of sp³-hybridized carbons (Fsp3) is 0.226. The van der Waals surface area contributed by atoms with Crippen LogP contribution in [0.2, 0.25) is 0 Å². The maximum Gasteiger partial charge on any atom is 0.297 e. The third-order valence-corrected chi connectivity index (χ3v) is 11.6. The molecule has 1 N–H and O–H groups in total. The van der Waals surface area contributed by atoms with Gasteiger partial charge in [-0.1, -0.05) is 53.1 Å². The minimum Gasteiger partial charge on any atom is -0.454 e. The van der Waals surface area contributed by atoms with Crippen LogP contribution < -0.4 is 14.2 Å². The van der Waals surface area contributed by atoms with Gasteiger partial charge in [0.05, 0.1) is 27.0 Å². The third-order valence-electron chi connectivity index (χ3n) is 7.07. The predicted molar refractivity (Wildman–Crippen MR) is 168 cm³/mol. The molecule has 14 heteroatoms. The van der Waals surface area contributed by atoms with Gasteiger partial charge >= 0.3 is 0 Å². The number of sulfonamides is 2. The first-order valence-electron chi connectivity index (χ1n) is 13.8. The van der Waals surface area contributed by atoms with Crippen LogP contribution in [0.1, 0.15) is 22.3 Å². The number of anilines is 1. The van der Waals surface area contributed by atoms with Crippen molar-refractivity contribution in [3.63, 3.8) is 0 Å².